The van der Waals surface area contributed by atoms with Crippen molar-refractivity contribution in [3.8, 4) is 0 Å². The zero-order valence-corrected chi connectivity index (χ0v) is 10.1. The Morgan fingerprint density at radius 3 is 2.06 bits per heavy atom. The summed E-state index contributed by atoms with van der Waals surface area (Å²) in [6.07, 6.45) is 2.00. The monoisotopic (exact) mass is 233 g/mol. The quantitative estimate of drug-likeness (QED) is 0.493. The molecule has 0 aromatic rings. The minimum absolute atomic E-state index is 0.0308. The van der Waals surface area contributed by atoms with Gasteiger partial charge in [0.2, 0.25) is 0 Å². The third-order valence-electron chi connectivity index (χ3n) is 1.79. The Labute approximate surface area is 97.2 Å². The van der Waals surface area contributed by atoms with Crippen molar-refractivity contribution in [2.24, 2.45) is 5.73 Å². The maximum absolute atomic E-state index is 10.5. The van der Waals surface area contributed by atoms with Crippen LogP contribution in [-0.4, -0.2) is 52.0 Å². The number of carbonyl (C=O) groups is 1. The van der Waals surface area contributed by atoms with Crippen LogP contribution in [0.15, 0.2) is 0 Å². The van der Waals surface area contributed by atoms with Gasteiger partial charge in [-0.3, -0.25) is 4.79 Å². The van der Waals surface area contributed by atoms with E-state index in [1.807, 2.05) is 0 Å². The van der Waals surface area contributed by atoms with E-state index >= 15 is 0 Å². The Balaban J connectivity index is 2.90. The second kappa shape index (κ2) is 12.6. The van der Waals surface area contributed by atoms with Crippen LogP contribution in [-0.2, 0) is 19.0 Å². The molecule has 0 radical (unpaired) electrons. The van der Waals surface area contributed by atoms with Crippen LogP contribution in [0.2, 0.25) is 0 Å². The van der Waals surface area contributed by atoms with Gasteiger partial charge in [0, 0.05) is 6.61 Å². The highest BCUT2D eigenvalue weighted by Crippen LogP contribution is 1.88. The molecule has 0 aliphatic heterocycles. The summed E-state index contributed by atoms with van der Waals surface area (Å²) in [6, 6.07) is 0. The van der Waals surface area contributed by atoms with Crippen LogP contribution in [0.4, 0.5) is 0 Å². The summed E-state index contributed by atoms with van der Waals surface area (Å²) in [5.74, 6) is 0.0308. The SMILES string of the molecule is CC(=O)COCCOCCOCCCCN. The first kappa shape index (κ1) is 15.5. The number of hydrogen-bond acceptors (Lipinski definition) is 5. The van der Waals surface area contributed by atoms with Crippen LogP contribution in [0.1, 0.15) is 19.8 Å². The number of carbonyl (C=O) groups excluding carboxylic acids is 1. The van der Waals surface area contributed by atoms with E-state index < -0.39 is 0 Å². The predicted molar refractivity (Wildman–Crippen MR) is 61.4 cm³/mol. The van der Waals surface area contributed by atoms with Crippen molar-refractivity contribution in [2.45, 2.75) is 19.8 Å². The van der Waals surface area contributed by atoms with E-state index in [9.17, 15) is 4.79 Å². The van der Waals surface area contributed by atoms with Crippen LogP contribution < -0.4 is 5.73 Å². The fourth-order valence-electron chi connectivity index (χ4n) is 1.00. The summed E-state index contributed by atoms with van der Waals surface area (Å²) in [7, 11) is 0. The Morgan fingerprint density at radius 1 is 0.938 bits per heavy atom. The van der Waals surface area contributed by atoms with Gasteiger partial charge in [0.1, 0.15) is 6.61 Å². The molecule has 0 amide bonds. The van der Waals surface area contributed by atoms with E-state index in [2.05, 4.69) is 0 Å². The average Bonchev–Trinajstić information content (AvgIpc) is 2.25. The number of ketones is 1. The number of unbranched alkanes of at least 4 members (excludes halogenated alkanes) is 1. The fourth-order valence-corrected chi connectivity index (χ4v) is 1.00. The molecule has 0 spiro atoms. The van der Waals surface area contributed by atoms with E-state index in [4.69, 9.17) is 19.9 Å². The van der Waals surface area contributed by atoms with E-state index in [1.165, 1.54) is 6.92 Å². The number of rotatable bonds is 12. The van der Waals surface area contributed by atoms with Gasteiger partial charge < -0.3 is 19.9 Å². The van der Waals surface area contributed by atoms with E-state index in [0.29, 0.717) is 33.0 Å². The predicted octanol–water partition coefficient (Wildman–Crippen LogP) is 0.364. The first-order valence-electron chi connectivity index (χ1n) is 5.70. The zero-order valence-electron chi connectivity index (χ0n) is 10.1. The zero-order chi connectivity index (χ0) is 12.1. The molecule has 16 heavy (non-hydrogen) atoms. The van der Waals surface area contributed by atoms with Gasteiger partial charge in [-0.2, -0.15) is 0 Å². The molecule has 0 aromatic carbocycles. The van der Waals surface area contributed by atoms with E-state index in [-0.39, 0.29) is 12.4 Å². The van der Waals surface area contributed by atoms with Crippen molar-refractivity contribution >= 4 is 5.78 Å². The van der Waals surface area contributed by atoms with Gasteiger partial charge in [0.15, 0.2) is 5.78 Å². The normalized spacial score (nSPS) is 10.6. The van der Waals surface area contributed by atoms with Crippen LogP contribution >= 0.6 is 0 Å². The van der Waals surface area contributed by atoms with Crippen LogP contribution in [0.25, 0.3) is 0 Å². The van der Waals surface area contributed by atoms with Crippen molar-refractivity contribution in [3.63, 3.8) is 0 Å². The third-order valence-corrected chi connectivity index (χ3v) is 1.79. The van der Waals surface area contributed by atoms with Crippen molar-refractivity contribution in [1.29, 1.82) is 0 Å². The van der Waals surface area contributed by atoms with Crippen molar-refractivity contribution < 1.29 is 19.0 Å². The molecule has 0 atom stereocenters. The van der Waals surface area contributed by atoms with E-state index in [1.54, 1.807) is 0 Å². The van der Waals surface area contributed by atoms with Crippen molar-refractivity contribution in [3.05, 3.63) is 0 Å². The van der Waals surface area contributed by atoms with Crippen LogP contribution in [0.3, 0.4) is 0 Å². The Morgan fingerprint density at radius 2 is 1.50 bits per heavy atom. The molecule has 0 saturated carbocycles. The molecule has 0 aromatic heterocycles. The molecular weight excluding hydrogens is 210 g/mol. The summed E-state index contributed by atoms with van der Waals surface area (Å²) in [6.45, 7) is 5.22. The average molecular weight is 233 g/mol. The first-order chi connectivity index (χ1) is 7.77. The van der Waals surface area contributed by atoms with Gasteiger partial charge in [0.05, 0.1) is 26.4 Å². The molecule has 0 fully saturated rings. The maximum Gasteiger partial charge on any atom is 0.155 e. The van der Waals surface area contributed by atoms with Crippen LogP contribution in [0.5, 0.6) is 0 Å². The Hall–Kier alpha value is -0.490. The second-order valence-electron chi connectivity index (χ2n) is 3.48. The maximum atomic E-state index is 10.5. The van der Waals surface area contributed by atoms with Gasteiger partial charge in [-0.1, -0.05) is 0 Å². The largest absolute Gasteiger partial charge is 0.379 e. The topological polar surface area (TPSA) is 70.8 Å². The number of Topliss-reactive ketones (excluding diaryl/α,β-unsaturated/α-hetero) is 1. The molecule has 96 valence electrons. The van der Waals surface area contributed by atoms with Crippen LogP contribution in [0, 0.1) is 0 Å². The molecule has 0 bridgehead atoms. The van der Waals surface area contributed by atoms with Crippen molar-refractivity contribution in [2.75, 3.05) is 46.2 Å². The van der Waals surface area contributed by atoms with Gasteiger partial charge >= 0.3 is 0 Å². The highest BCUT2D eigenvalue weighted by Gasteiger charge is 1.93. The molecule has 0 aliphatic carbocycles. The lowest BCUT2D eigenvalue weighted by atomic mass is 10.3. The lowest BCUT2D eigenvalue weighted by molar-refractivity contribution is -0.122. The molecule has 5 heteroatoms. The molecule has 2 N–H and O–H groups in total. The molecular formula is C11H23NO4. The lowest BCUT2D eigenvalue weighted by Crippen LogP contribution is -2.12. The first-order valence-corrected chi connectivity index (χ1v) is 5.70. The third kappa shape index (κ3) is 13.5. The van der Waals surface area contributed by atoms with Gasteiger partial charge in [-0.25, -0.2) is 0 Å². The Bertz CT molecular complexity index is 164. The van der Waals surface area contributed by atoms with E-state index in [0.717, 1.165) is 19.4 Å². The summed E-state index contributed by atoms with van der Waals surface area (Å²) >= 11 is 0. The summed E-state index contributed by atoms with van der Waals surface area (Å²) < 4.78 is 15.6. The van der Waals surface area contributed by atoms with Gasteiger partial charge in [-0.15, -0.1) is 0 Å². The smallest absolute Gasteiger partial charge is 0.155 e. The summed E-state index contributed by atoms with van der Waals surface area (Å²) in [5.41, 5.74) is 5.34. The molecule has 0 heterocycles. The summed E-state index contributed by atoms with van der Waals surface area (Å²) in [4.78, 5) is 10.5. The molecule has 5 nitrogen and oxygen atoms in total. The number of hydrogen-bond donors (Lipinski definition) is 1. The van der Waals surface area contributed by atoms with Crippen molar-refractivity contribution in [1.82, 2.24) is 0 Å². The molecule has 0 saturated heterocycles. The molecule has 0 aliphatic rings. The van der Waals surface area contributed by atoms with Gasteiger partial charge in [0.25, 0.3) is 0 Å². The highest BCUT2D eigenvalue weighted by molar-refractivity contribution is 5.76. The molecule has 0 unspecified atom stereocenters. The molecule has 0 rings (SSSR count). The lowest BCUT2D eigenvalue weighted by Gasteiger charge is -2.05. The minimum Gasteiger partial charge on any atom is -0.379 e. The summed E-state index contributed by atoms with van der Waals surface area (Å²) in [5, 5.41) is 0. The number of ether oxygens (including phenoxy) is 3. The highest BCUT2D eigenvalue weighted by atomic mass is 16.5. The second-order valence-corrected chi connectivity index (χ2v) is 3.48. The van der Waals surface area contributed by atoms with Gasteiger partial charge in [-0.05, 0) is 26.3 Å². The Kier molecular flexibility index (Phi) is 12.2. The number of nitrogens with two attached hydrogens (primary N) is 1. The minimum atomic E-state index is 0.0308. The fraction of sp³-hybridized carbons (Fsp3) is 0.909. The standard InChI is InChI=1S/C11H23NO4/c1-11(13)10-16-9-8-15-7-6-14-5-3-2-4-12/h2-10,12H2,1H3.